The SMILES string of the molecule is O=C(NCc1cccnc1)C1CC(O)C(O)C2NC(=S)N(c3ccc(Cl)cc3)C12. The average molecular weight is 433 g/mol. The highest BCUT2D eigenvalue weighted by molar-refractivity contribution is 7.80. The van der Waals surface area contributed by atoms with E-state index in [0.717, 1.165) is 11.3 Å². The number of halogens is 1. The molecule has 1 aromatic heterocycles. The van der Waals surface area contributed by atoms with Crippen LogP contribution in [0, 0.1) is 5.92 Å². The minimum Gasteiger partial charge on any atom is -0.390 e. The Kier molecular flexibility index (Phi) is 5.69. The first-order chi connectivity index (χ1) is 14.0. The number of aromatic nitrogens is 1. The Morgan fingerprint density at radius 1 is 1.31 bits per heavy atom. The molecular formula is C20H21ClN4O3S. The normalized spacial score (nSPS) is 28.6. The Bertz CT molecular complexity index is 898. The van der Waals surface area contributed by atoms with Crippen molar-refractivity contribution in [3.05, 3.63) is 59.4 Å². The Balaban J connectivity index is 1.60. The van der Waals surface area contributed by atoms with Crippen LogP contribution in [0.3, 0.4) is 0 Å². The molecule has 1 saturated heterocycles. The predicted octanol–water partition coefficient (Wildman–Crippen LogP) is 1.22. The second kappa shape index (κ2) is 8.23. The molecule has 7 nitrogen and oxygen atoms in total. The van der Waals surface area contributed by atoms with Gasteiger partial charge in [-0.2, -0.15) is 0 Å². The molecule has 9 heteroatoms. The van der Waals surface area contributed by atoms with Gasteiger partial charge in [0.2, 0.25) is 5.91 Å². The van der Waals surface area contributed by atoms with Crippen molar-refractivity contribution in [1.82, 2.24) is 15.6 Å². The number of fused-ring (bicyclic) bond motifs is 1. The predicted molar refractivity (Wildman–Crippen MR) is 113 cm³/mol. The lowest BCUT2D eigenvalue weighted by molar-refractivity contribution is -0.131. The second-order valence-electron chi connectivity index (χ2n) is 7.29. The van der Waals surface area contributed by atoms with Gasteiger partial charge in [-0.25, -0.2) is 0 Å². The van der Waals surface area contributed by atoms with Crippen molar-refractivity contribution in [2.75, 3.05) is 4.90 Å². The molecule has 0 bridgehead atoms. The number of hydrogen-bond donors (Lipinski definition) is 4. The molecule has 5 unspecified atom stereocenters. The summed E-state index contributed by atoms with van der Waals surface area (Å²) in [6.45, 7) is 0.331. The van der Waals surface area contributed by atoms with E-state index >= 15 is 0 Å². The fraction of sp³-hybridized carbons (Fsp3) is 0.350. The van der Waals surface area contributed by atoms with Crippen LogP contribution in [0.1, 0.15) is 12.0 Å². The molecule has 4 N–H and O–H groups in total. The van der Waals surface area contributed by atoms with Gasteiger partial charge in [0.25, 0.3) is 0 Å². The lowest BCUT2D eigenvalue weighted by Gasteiger charge is -2.41. The largest absolute Gasteiger partial charge is 0.390 e. The highest BCUT2D eigenvalue weighted by atomic mass is 35.5. The van der Waals surface area contributed by atoms with Crippen LogP contribution in [0.2, 0.25) is 5.02 Å². The third kappa shape index (κ3) is 3.93. The van der Waals surface area contributed by atoms with Gasteiger partial charge in [0, 0.05) is 29.6 Å². The Labute approximate surface area is 178 Å². The number of hydrogen-bond acceptors (Lipinski definition) is 5. The van der Waals surface area contributed by atoms with E-state index in [0.29, 0.717) is 16.7 Å². The van der Waals surface area contributed by atoms with Gasteiger partial charge in [-0.3, -0.25) is 9.78 Å². The van der Waals surface area contributed by atoms with Crippen LogP contribution in [0.15, 0.2) is 48.8 Å². The number of anilines is 1. The minimum absolute atomic E-state index is 0.135. The van der Waals surface area contributed by atoms with Crippen LogP contribution in [0.5, 0.6) is 0 Å². The molecule has 2 heterocycles. The zero-order valence-electron chi connectivity index (χ0n) is 15.4. The standard InChI is InChI=1S/C20H21ClN4O3S/c21-12-3-5-13(6-4-12)25-17-14(8-15(26)18(27)16(17)24-20(25)29)19(28)23-10-11-2-1-7-22-9-11/h1-7,9,14-18,26-27H,8,10H2,(H,23,28)(H,24,29). The molecular weight excluding hydrogens is 412 g/mol. The lowest BCUT2D eigenvalue weighted by atomic mass is 9.77. The van der Waals surface area contributed by atoms with E-state index in [2.05, 4.69) is 15.6 Å². The maximum atomic E-state index is 13.1. The summed E-state index contributed by atoms with van der Waals surface area (Å²) in [6, 6.07) is 9.83. The number of carbonyl (C=O) groups is 1. The van der Waals surface area contributed by atoms with Crippen LogP contribution in [0.25, 0.3) is 0 Å². The number of carbonyl (C=O) groups excluding carboxylic acids is 1. The monoisotopic (exact) mass is 432 g/mol. The number of rotatable bonds is 4. The van der Waals surface area contributed by atoms with Crippen molar-refractivity contribution in [2.24, 2.45) is 5.92 Å². The van der Waals surface area contributed by atoms with Gasteiger partial charge in [-0.1, -0.05) is 17.7 Å². The Morgan fingerprint density at radius 2 is 2.07 bits per heavy atom. The van der Waals surface area contributed by atoms with E-state index in [-0.39, 0.29) is 12.3 Å². The smallest absolute Gasteiger partial charge is 0.225 e. The molecule has 2 aromatic rings. The molecule has 1 saturated carbocycles. The molecule has 4 rings (SSSR count). The van der Waals surface area contributed by atoms with Crippen molar-refractivity contribution >= 4 is 40.5 Å². The molecule has 152 valence electrons. The highest BCUT2D eigenvalue weighted by Gasteiger charge is 2.53. The van der Waals surface area contributed by atoms with E-state index in [1.165, 1.54) is 0 Å². The lowest BCUT2D eigenvalue weighted by Crippen LogP contribution is -2.60. The number of nitrogens with one attached hydrogen (secondary N) is 2. The summed E-state index contributed by atoms with van der Waals surface area (Å²) in [6.07, 6.45) is 1.44. The van der Waals surface area contributed by atoms with Gasteiger partial charge >= 0.3 is 0 Å². The van der Waals surface area contributed by atoms with Crippen LogP contribution in [0.4, 0.5) is 5.69 Å². The van der Waals surface area contributed by atoms with E-state index in [4.69, 9.17) is 23.8 Å². The first-order valence-electron chi connectivity index (χ1n) is 9.34. The molecule has 29 heavy (non-hydrogen) atoms. The van der Waals surface area contributed by atoms with Gasteiger partial charge < -0.3 is 25.7 Å². The molecule has 2 fully saturated rings. The maximum Gasteiger partial charge on any atom is 0.225 e. The van der Waals surface area contributed by atoms with Crippen molar-refractivity contribution in [1.29, 1.82) is 0 Å². The molecule has 1 aromatic carbocycles. The Morgan fingerprint density at radius 3 is 2.76 bits per heavy atom. The first-order valence-corrected chi connectivity index (χ1v) is 10.1. The second-order valence-corrected chi connectivity index (χ2v) is 8.11. The van der Waals surface area contributed by atoms with Gasteiger partial charge in [0.1, 0.15) is 6.10 Å². The number of thiocarbonyl (C=S) groups is 1. The number of amides is 1. The summed E-state index contributed by atoms with van der Waals surface area (Å²) in [4.78, 5) is 18.9. The summed E-state index contributed by atoms with van der Waals surface area (Å²) < 4.78 is 0. The molecule has 1 aliphatic carbocycles. The van der Waals surface area contributed by atoms with Crippen LogP contribution < -0.4 is 15.5 Å². The Hall–Kier alpha value is -2.26. The summed E-state index contributed by atoms with van der Waals surface area (Å²) in [5.41, 5.74) is 1.65. The van der Waals surface area contributed by atoms with Crippen molar-refractivity contribution in [3.8, 4) is 0 Å². The number of aliphatic hydroxyl groups excluding tert-OH is 2. The van der Waals surface area contributed by atoms with Crippen LogP contribution in [-0.2, 0) is 11.3 Å². The zero-order chi connectivity index (χ0) is 20.5. The van der Waals surface area contributed by atoms with Crippen LogP contribution >= 0.6 is 23.8 Å². The third-order valence-electron chi connectivity index (χ3n) is 5.48. The van der Waals surface area contributed by atoms with Gasteiger partial charge in [-0.05, 0) is 54.5 Å². The number of benzene rings is 1. The summed E-state index contributed by atoms with van der Waals surface area (Å²) in [5.74, 6) is -0.779. The van der Waals surface area contributed by atoms with Crippen molar-refractivity contribution < 1.29 is 15.0 Å². The van der Waals surface area contributed by atoms with E-state index in [9.17, 15) is 15.0 Å². The summed E-state index contributed by atoms with van der Waals surface area (Å²) >= 11 is 11.5. The van der Waals surface area contributed by atoms with Crippen molar-refractivity contribution in [2.45, 2.75) is 37.3 Å². The average Bonchev–Trinajstić information content (AvgIpc) is 3.07. The van der Waals surface area contributed by atoms with Gasteiger partial charge in [0.05, 0.1) is 24.1 Å². The summed E-state index contributed by atoms with van der Waals surface area (Å²) in [7, 11) is 0. The molecule has 0 radical (unpaired) electrons. The maximum absolute atomic E-state index is 13.1. The fourth-order valence-electron chi connectivity index (χ4n) is 4.07. The molecule has 0 spiro atoms. The van der Waals surface area contributed by atoms with E-state index in [1.807, 2.05) is 23.1 Å². The summed E-state index contributed by atoms with van der Waals surface area (Å²) in [5, 5.41) is 27.9. The minimum atomic E-state index is -1.03. The number of nitrogens with zero attached hydrogens (tertiary/aromatic N) is 2. The van der Waals surface area contributed by atoms with Crippen LogP contribution in [-0.4, -0.2) is 50.5 Å². The van der Waals surface area contributed by atoms with Gasteiger partial charge in [-0.15, -0.1) is 0 Å². The quantitative estimate of drug-likeness (QED) is 0.539. The number of aliphatic hydroxyl groups is 2. The zero-order valence-corrected chi connectivity index (χ0v) is 17.0. The van der Waals surface area contributed by atoms with E-state index < -0.39 is 30.2 Å². The third-order valence-corrected chi connectivity index (χ3v) is 6.04. The molecule has 1 amide bonds. The molecule has 2 aliphatic rings. The topological polar surface area (TPSA) is 97.7 Å². The fourth-order valence-corrected chi connectivity index (χ4v) is 4.55. The van der Waals surface area contributed by atoms with Crippen molar-refractivity contribution in [3.63, 3.8) is 0 Å². The molecule has 1 aliphatic heterocycles. The van der Waals surface area contributed by atoms with Gasteiger partial charge in [0.15, 0.2) is 5.11 Å². The number of pyridine rings is 1. The van der Waals surface area contributed by atoms with E-state index in [1.54, 1.807) is 30.6 Å². The highest BCUT2D eigenvalue weighted by Crippen LogP contribution is 2.37. The first kappa shape index (κ1) is 20.0. The molecule has 5 atom stereocenters.